The average Bonchev–Trinajstić information content (AvgIpc) is 2.40. The summed E-state index contributed by atoms with van der Waals surface area (Å²) in [4.78, 5) is 32.5. The zero-order valence-electron chi connectivity index (χ0n) is 11.1. The molecule has 0 aromatic carbocycles. The zero-order chi connectivity index (χ0) is 14.5. The molecule has 0 fully saturated rings. The summed E-state index contributed by atoms with van der Waals surface area (Å²) < 4.78 is 13.9. The van der Waals surface area contributed by atoms with E-state index in [1.54, 1.807) is 6.92 Å². The number of carbonyl (C=O) groups excluding carboxylic acids is 3. The van der Waals surface area contributed by atoms with Crippen molar-refractivity contribution in [1.29, 1.82) is 0 Å². The third-order valence-corrected chi connectivity index (χ3v) is 2.07. The summed E-state index contributed by atoms with van der Waals surface area (Å²) in [5.41, 5.74) is 0. The predicted molar refractivity (Wildman–Crippen MR) is 64.1 cm³/mol. The number of rotatable bonds is 10. The van der Waals surface area contributed by atoms with Crippen LogP contribution in [0.5, 0.6) is 0 Å². The molecule has 1 N–H and O–H groups in total. The van der Waals surface area contributed by atoms with Gasteiger partial charge < -0.3 is 19.3 Å². The van der Waals surface area contributed by atoms with Crippen molar-refractivity contribution in [3.63, 3.8) is 0 Å². The van der Waals surface area contributed by atoms with Crippen molar-refractivity contribution in [1.82, 2.24) is 0 Å². The molecule has 7 nitrogen and oxygen atoms in total. The molecule has 0 aromatic heterocycles. The third-order valence-electron chi connectivity index (χ3n) is 2.07. The monoisotopic (exact) mass is 276 g/mol. The second-order valence-corrected chi connectivity index (χ2v) is 3.65. The van der Waals surface area contributed by atoms with E-state index in [4.69, 9.17) is 14.6 Å². The quantitative estimate of drug-likeness (QED) is 0.345. The minimum atomic E-state index is -0.869. The van der Waals surface area contributed by atoms with Crippen LogP contribution >= 0.6 is 0 Å². The summed E-state index contributed by atoms with van der Waals surface area (Å²) in [6, 6.07) is 0. The van der Waals surface area contributed by atoms with Crippen LogP contribution < -0.4 is 0 Å². The maximum Gasteiger partial charge on any atom is 0.344 e. The van der Waals surface area contributed by atoms with E-state index in [0.29, 0.717) is 25.9 Å². The van der Waals surface area contributed by atoms with E-state index in [-0.39, 0.29) is 12.6 Å². The van der Waals surface area contributed by atoms with E-state index in [1.807, 2.05) is 0 Å². The lowest BCUT2D eigenvalue weighted by atomic mass is 10.2. The van der Waals surface area contributed by atoms with Gasteiger partial charge in [-0.1, -0.05) is 0 Å². The first-order chi connectivity index (χ1) is 9.10. The standard InChI is InChI=1S/C12H20O7/c1-2-17-10(14)6-4-3-5-7-18-12(16)9-19-11(15)8-13/h13H,2-9H2,1H3. The van der Waals surface area contributed by atoms with Gasteiger partial charge in [-0.15, -0.1) is 0 Å². The summed E-state index contributed by atoms with van der Waals surface area (Å²) in [6.45, 7) is 1.08. The van der Waals surface area contributed by atoms with Gasteiger partial charge in [-0.05, 0) is 26.2 Å². The maximum atomic E-state index is 11.0. The van der Waals surface area contributed by atoms with Crippen LogP contribution in [0, 0.1) is 0 Å². The van der Waals surface area contributed by atoms with Crippen LogP contribution in [0.1, 0.15) is 32.6 Å². The molecule has 0 saturated heterocycles. The molecule has 0 heterocycles. The Bertz CT molecular complexity index is 288. The van der Waals surface area contributed by atoms with Gasteiger partial charge in [0.05, 0.1) is 13.2 Å². The molecule has 7 heteroatoms. The minimum Gasteiger partial charge on any atom is -0.466 e. The molecule has 0 radical (unpaired) electrons. The number of carbonyl (C=O) groups is 3. The molecule has 0 rings (SSSR count). The molecular formula is C12H20O7. The highest BCUT2D eigenvalue weighted by molar-refractivity contribution is 5.76. The van der Waals surface area contributed by atoms with Gasteiger partial charge in [0.15, 0.2) is 6.61 Å². The van der Waals surface area contributed by atoms with Crippen LogP contribution in [0.2, 0.25) is 0 Å². The molecule has 0 atom stereocenters. The van der Waals surface area contributed by atoms with Crippen LogP contribution in [0.4, 0.5) is 0 Å². The average molecular weight is 276 g/mol. The SMILES string of the molecule is CCOC(=O)CCCCCOC(=O)COC(=O)CO. The topological polar surface area (TPSA) is 99.1 Å². The van der Waals surface area contributed by atoms with Crippen molar-refractivity contribution < 1.29 is 33.7 Å². The molecule has 0 unspecified atom stereocenters. The minimum absolute atomic E-state index is 0.207. The molecule has 110 valence electrons. The van der Waals surface area contributed by atoms with E-state index in [2.05, 4.69) is 4.74 Å². The van der Waals surface area contributed by atoms with Gasteiger partial charge in [0.25, 0.3) is 0 Å². The number of unbranched alkanes of at least 4 members (excludes halogenated alkanes) is 2. The Hall–Kier alpha value is -1.63. The van der Waals surface area contributed by atoms with Crippen molar-refractivity contribution in [3.8, 4) is 0 Å². The van der Waals surface area contributed by atoms with Crippen molar-refractivity contribution in [3.05, 3.63) is 0 Å². The maximum absolute atomic E-state index is 11.0. The normalized spacial score (nSPS) is 9.79. The number of ether oxygens (including phenoxy) is 3. The number of aliphatic hydroxyl groups excluding tert-OH is 1. The van der Waals surface area contributed by atoms with Gasteiger partial charge in [-0.3, -0.25) is 4.79 Å². The molecule has 0 spiro atoms. The van der Waals surface area contributed by atoms with Gasteiger partial charge >= 0.3 is 17.9 Å². The highest BCUT2D eigenvalue weighted by Gasteiger charge is 2.07. The van der Waals surface area contributed by atoms with E-state index in [9.17, 15) is 14.4 Å². The molecule has 0 aliphatic rings. The summed E-state index contributed by atoms with van der Waals surface area (Å²) in [5.74, 6) is -1.76. The predicted octanol–water partition coefficient (Wildman–Crippen LogP) is 0.189. The van der Waals surface area contributed by atoms with E-state index >= 15 is 0 Å². The van der Waals surface area contributed by atoms with Crippen molar-refractivity contribution in [2.45, 2.75) is 32.6 Å². The van der Waals surface area contributed by atoms with Gasteiger partial charge in [-0.2, -0.15) is 0 Å². The van der Waals surface area contributed by atoms with Gasteiger partial charge in [0.2, 0.25) is 0 Å². The first-order valence-electron chi connectivity index (χ1n) is 6.17. The highest BCUT2D eigenvalue weighted by atomic mass is 16.6. The van der Waals surface area contributed by atoms with Gasteiger partial charge in [-0.25, -0.2) is 9.59 Å². The Morgan fingerprint density at radius 3 is 2.26 bits per heavy atom. The number of esters is 3. The fourth-order valence-electron chi connectivity index (χ4n) is 1.19. The van der Waals surface area contributed by atoms with Crippen LogP contribution in [0.25, 0.3) is 0 Å². The largest absolute Gasteiger partial charge is 0.466 e. The third kappa shape index (κ3) is 11.2. The van der Waals surface area contributed by atoms with Crippen LogP contribution in [-0.4, -0.2) is 49.4 Å². The molecule has 0 bridgehead atoms. The molecule has 0 aliphatic heterocycles. The van der Waals surface area contributed by atoms with Crippen molar-refractivity contribution in [2.24, 2.45) is 0 Å². The second-order valence-electron chi connectivity index (χ2n) is 3.65. The van der Waals surface area contributed by atoms with E-state index in [0.717, 1.165) is 6.42 Å². The molecule has 19 heavy (non-hydrogen) atoms. The number of aliphatic hydroxyl groups is 1. The van der Waals surface area contributed by atoms with Gasteiger partial charge in [0.1, 0.15) is 6.61 Å². The fourth-order valence-corrected chi connectivity index (χ4v) is 1.19. The lowest BCUT2D eigenvalue weighted by Gasteiger charge is -2.05. The zero-order valence-corrected chi connectivity index (χ0v) is 11.1. The Morgan fingerprint density at radius 2 is 1.63 bits per heavy atom. The lowest BCUT2D eigenvalue weighted by Crippen LogP contribution is -2.18. The van der Waals surface area contributed by atoms with E-state index in [1.165, 1.54) is 0 Å². The Labute approximate surface area is 111 Å². The number of hydrogen-bond acceptors (Lipinski definition) is 7. The second kappa shape index (κ2) is 11.5. The summed E-state index contributed by atoms with van der Waals surface area (Å²) in [7, 11) is 0. The molecule has 0 amide bonds. The Morgan fingerprint density at radius 1 is 0.895 bits per heavy atom. The molecule has 0 saturated carbocycles. The van der Waals surface area contributed by atoms with Crippen LogP contribution in [-0.2, 0) is 28.6 Å². The van der Waals surface area contributed by atoms with E-state index < -0.39 is 25.2 Å². The Kier molecular flexibility index (Phi) is 10.5. The fraction of sp³-hybridized carbons (Fsp3) is 0.750. The molecule has 0 aromatic rings. The van der Waals surface area contributed by atoms with Gasteiger partial charge in [0, 0.05) is 6.42 Å². The smallest absolute Gasteiger partial charge is 0.344 e. The first kappa shape index (κ1) is 17.4. The Balaban J connectivity index is 3.36. The molecule has 0 aliphatic carbocycles. The summed E-state index contributed by atoms with van der Waals surface area (Å²) in [5, 5.41) is 8.34. The lowest BCUT2D eigenvalue weighted by molar-refractivity contribution is -0.160. The summed E-state index contributed by atoms with van der Waals surface area (Å²) >= 11 is 0. The first-order valence-corrected chi connectivity index (χ1v) is 6.17. The van der Waals surface area contributed by atoms with Crippen LogP contribution in [0.15, 0.2) is 0 Å². The van der Waals surface area contributed by atoms with Crippen LogP contribution in [0.3, 0.4) is 0 Å². The highest BCUT2D eigenvalue weighted by Crippen LogP contribution is 2.02. The molecular weight excluding hydrogens is 256 g/mol. The van der Waals surface area contributed by atoms with Crippen molar-refractivity contribution in [2.75, 3.05) is 26.4 Å². The summed E-state index contributed by atoms with van der Waals surface area (Å²) in [6.07, 6.45) is 2.40. The van der Waals surface area contributed by atoms with Crippen molar-refractivity contribution >= 4 is 17.9 Å². The number of hydrogen-bond donors (Lipinski definition) is 1.